The minimum absolute atomic E-state index is 0.187. The van der Waals surface area contributed by atoms with Crippen LogP contribution in [0, 0.1) is 17.2 Å². The number of imide groups is 1. The SMILES string of the molecule is CN(CC1CCC(n2cc3cc(NC(=O)c4cncc(C#N)c4)c(N4C[C@H]5C[C@@H]4CO5)cc3n2)CC1)C1CCN(c2cccc3c2n(C)c(=O)n3C2CCC(=O)NC2=O)CC1. The van der Waals surface area contributed by atoms with Crippen LogP contribution in [0.25, 0.3) is 21.9 Å². The molecule has 5 fully saturated rings. The second-order valence-electron chi connectivity index (χ2n) is 17.7. The molecule has 4 saturated heterocycles. The van der Waals surface area contributed by atoms with Gasteiger partial charge >= 0.3 is 5.69 Å². The number of fused-ring (bicyclic) bond motifs is 4. The van der Waals surface area contributed by atoms with Crippen LogP contribution in [0.2, 0.25) is 0 Å². The molecule has 0 spiro atoms. The monoisotopic (exact) mass is 825 g/mol. The van der Waals surface area contributed by atoms with Crippen molar-refractivity contribution < 1.29 is 19.1 Å². The third-order valence-electron chi connectivity index (χ3n) is 14.0. The predicted octanol–water partition coefficient (Wildman–Crippen LogP) is 4.50. The number of imidazole rings is 1. The summed E-state index contributed by atoms with van der Waals surface area (Å²) in [4.78, 5) is 62.9. The van der Waals surface area contributed by atoms with E-state index in [2.05, 4.69) is 66.4 Å². The highest BCUT2D eigenvalue weighted by atomic mass is 16.5. The minimum Gasteiger partial charge on any atom is -0.374 e. The molecule has 4 aliphatic heterocycles. The number of nitriles is 1. The van der Waals surface area contributed by atoms with E-state index in [9.17, 15) is 24.4 Å². The van der Waals surface area contributed by atoms with E-state index in [1.165, 1.54) is 12.4 Å². The van der Waals surface area contributed by atoms with Gasteiger partial charge in [0.1, 0.15) is 12.1 Å². The lowest BCUT2D eigenvalue weighted by Crippen LogP contribution is -2.45. The number of carbonyl (C=O) groups is 3. The van der Waals surface area contributed by atoms with Crippen LogP contribution in [0.1, 0.15) is 85.8 Å². The number of nitrogens with zero attached hydrogens (tertiary/aromatic N) is 9. The third-order valence-corrected chi connectivity index (χ3v) is 14.0. The smallest absolute Gasteiger partial charge is 0.329 e. The standard InChI is InChI=1S/C45H51N11O5/c1-51(31-12-14-53(15-13-31)37-4-3-5-38-42(37)52(2)45(60)56(38)39-10-11-41(57)49-44(39)59)23-27-6-8-32(9-7-27)55-24-30-17-36(48-43(58)29-16-28(20-46)21-47-22-29)40(19-35(30)50-55)54-25-34-18-33(54)26-61-34/h3-5,16-17,19,21-22,24,27,31-34,39H,6-15,18,23,25-26H2,1-2H3,(H,48,58)(H,49,57,59)/t27?,32?,33-,34-,39?/m1/s1. The number of pyridine rings is 1. The van der Waals surface area contributed by atoms with Crippen LogP contribution in [0.3, 0.4) is 0 Å². The Kier molecular flexibility index (Phi) is 10.1. The maximum absolute atomic E-state index is 13.5. The van der Waals surface area contributed by atoms with Gasteiger partial charge in [-0.05, 0) is 94.7 Å². The van der Waals surface area contributed by atoms with Crippen molar-refractivity contribution in [2.75, 3.05) is 55.0 Å². The van der Waals surface area contributed by atoms with Crippen molar-refractivity contribution in [3.8, 4) is 6.07 Å². The Hall–Kier alpha value is -6.05. The molecule has 7 heterocycles. The molecular weight excluding hydrogens is 775 g/mol. The van der Waals surface area contributed by atoms with Crippen molar-refractivity contribution in [1.82, 2.24) is 34.1 Å². The van der Waals surface area contributed by atoms with Crippen LogP contribution < -0.4 is 26.1 Å². The van der Waals surface area contributed by atoms with Gasteiger partial charge in [-0.25, -0.2) is 4.79 Å². The molecular formula is C45H51N11O5. The number of amides is 3. The zero-order valence-electron chi connectivity index (χ0n) is 34.6. The van der Waals surface area contributed by atoms with Gasteiger partial charge in [-0.1, -0.05) is 6.07 Å². The molecule has 3 aromatic heterocycles. The third kappa shape index (κ3) is 7.23. The molecule has 1 aliphatic carbocycles. The number of morpholine rings is 1. The van der Waals surface area contributed by atoms with E-state index in [1.54, 1.807) is 22.2 Å². The zero-order chi connectivity index (χ0) is 41.9. The molecule has 10 rings (SSSR count). The quantitative estimate of drug-likeness (QED) is 0.200. The number of hydrogen-bond donors (Lipinski definition) is 2. The van der Waals surface area contributed by atoms with Gasteiger partial charge in [-0.3, -0.25) is 38.5 Å². The van der Waals surface area contributed by atoms with Crippen molar-refractivity contribution in [2.24, 2.45) is 13.0 Å². The Labute approximate surface area is 353 Å². The van der Waals surface area contributed by atoms with Gasteiger partial charge in [-0.2, -0.15) is 10.4 Å². The van der Waals surface area contributed by atoms with E-state index < -0.39 is 11.9 Å². The van der Waals surface area contributed by atoms with Crippen LogP contribution in [0.15, 0.2) is 59.8 Å². The number of ether oxygens (including phenoxy) is 1. The van der Waals surface area contributed by atoms with Gasteiger partial charge in [0.2, 0.25) is 11.8 Å². The van der Waals surface area contributed by atoms with Crippen molar-refractivity contribution >= 4 is 56.7 Å². The predicted molar refractivity (Wildman–Crippen MR) is 230 cm³/mol. The first-order chi connectivity index (χ1) is 29.6. The zero-order valence-corrected chi connectivity index (χ0v) is 34.6. The molecule has 2 aromatic carbocycles. The number of aromatic nitrogens is 5. The largest absolute Gasteiger partial charge is 0.374 e. The minimum atomic E-state index is -0.703. The number of nitrogens with one attached hydrogen (secondary N) is 2. The highest BCUT2D eigenvalue weighted by Gasteiger charge is 2.40. The average molecular weight is 826 g/mol. The number of hydrogen-bond acceptors (Lipinski definition) is 11. The van der Waals surface area contributed by atoms with Gasteiger partial charge in [-0.15, -0.1) is 0 Å². The molecule has 3 amide bonds. The first-order valence-corrected chi connectivity index (χ1v) is 21.7. The Morgan fingerprint density at radius 1 is 1.02 bits per heavy atom. The van der Waals surface area contributed by atoms with Crippen LogP contribution in [0.4, 0.5) is 17.1 Å². The van der Waals surface area contributed by atoms with E-state index in [0.29, 0.717) is 42.2 Å². The summed E-state index contributed by atoms with van der Waals surface area (Å²) in [6.45, 7) is 4.23. The van der Waals surface area contributed by atoms with Gasteiger partial charge in [0.05, 0.1) is 69.5 Å². The maximum atomic E-state index is 13.5. The van der Waals surface area contributed by atoms with Crippen LogP contribution in [-0.4, -0.2) is 105 Å². The van der Waals surface area contributed by atoms with Crippen LogP contribution in [0.5, 0.6) is 0 Å². The first-order valence-electron chi connectivity index (χ1n) is 21.7. The van der Waals surface area contributed by atoms with Gasteiger partial charge in [0, 0.05) is 69.7 Å². The van der Waals surface area contributed by atoms with E-state index in [0.717, 1.165) is 110 Å². The Morgan fingerprint density at radius 2 is 1.84 bits per heavy atom. The number of anilines is 3. The van der Waals surface area contributed by atoms with Crippen molar-refractivity contribution in [1.29, 1.82) is 5.26 Å². The molecule has 1 saturated carbocycles. The van der Waals surface area contributed by atoms with Gasteiger partial charge in [0.15, 0.2) is 0 Å². The highest BCUT2D eigenvalue weighted by molar-refractivity contribution is 6.07. The highest BCUT2D eigenvalue weighted by Crippen LogP contribution is 2.41. The number of piperidine rings is 2. The Balaban J connectivity index is 0.778. The Morgan fingerprint density at radius 3 is 2.57 bits per heavy atom. The second-order valence-corrected chi connectivity index (χ2v) is 17.7. The van der Waals surface area contributed by atoms with E-state index in [1.807, 2.05) is 18.2 Å². The van der Waals surface area contributed by atoms with Crippen molar-refractivity contribution in [3.05, 3.63) is 76.6 Å². The lowest BCUT2D eigenvalue weighted by Gasteiger charge is -2.40. The molecule has 3 atom stereocenters. The fraction of sp³-hybridized carbons (Fsp3) is 0.489. The molecule has 1 unspecified atom stereocenters. The van der Waals surface area contributed by atoms with Crippen LogP contribution >= 0.6 is 0 Å². The summed E-state index contributed by atoms with van der Waals surface area (Å²) in [5.41, 5.74) is 5.54. The van der Waals surface area contributed by atoms with Crippen molar-refractivity contribution in [3.63, 3.8) is 0 Å². The van der Waals surface area contributed by atoms with E-state index in [4.69, 9.17) is 9.84 Å². The summed E-state index contributed by atoms with van der Waals surface area (Å²) < 4.78 is 11.3. The molecule has 2 bridgehead atoms. The Bertz CT molecular complexity index is 2640. The summed E-state index contributed by atoms with van der Waals surface area (Å²) in [6.07, 6.45) is 13.1. The van der Waals surface area contributed by atoms with E-state index in [-0.39, 0.29) is 36.1 Å². The fourth-order valence-corrected chi connectivity index (χ4v) is 10.7. The summed E-state index contributed by atoms with van der Waals surface area (Å²) in [5.74, 6) is -0.420. The number of benzene rings is 2. The summed E-state index contributed by atoms with van der Waals surface area (Å²) >= 11 is 0. The second kappa shape index (κ2) is 15.8. The average Bonchev–Trinajstić information content (AvgIpc) is 4.07. The molecule has 0 radical (unpaired) electrons. The summed E-state index contributed by atoms with van der Waals surface area (Å²) in [6, 6.07) is 14.0. The fourth-order valence-electron chi connectivity index (χ4n) is 10.7. The summed E-state index contributed by atoms with van der Waals surface area (Å²) in [5, 5.41) is 21.0. The number of rotatable bonds is 9. The molecule has 5 aromatic rings. The van der Waals surface area contributed by atoms with Crippen LogP contribution in [-0.2, 0) is 21.4 Å². The molecule has 61 heavy (non-hydrogen) atoms. The molecule has 5 aliphatic rings. The number of para-hydroxylation sites is 1. The number of carbonyl (C=O) groups excluding carboxylic acids is 3. The van der Waals surface area contributed by atoms with Gasteiger partial charge < -0.3 is 24.8 Å². The molecule has 316 valence electrons. The van der Waals surface area contributed by atoms with Crippen molar-refractivity contribution in [2.45, 2.75) is 88.1 Å². The lowest BCUT2D eigenvalue weighted by atomic mass is 9.85. The van der Waals surface area contributed by atoms with Gasteiger partial charge in [0.25, 0.3) is 5.91 Å². The first kappa shape index (κ1) is 39.1. The molecule has 2 N–H and O–H groups in total. The van der Waals surface area contributed by atoms with E-state index >= 15 is 0 Å². The molecule has 16 heteroatoms. The molecule has 16 nitrogen and oxygen atoms in total. The topological polar surface area (TPSA) is 176 Å². The number of aryl methyl sites for hydroxylation is 1. The normalized spacial score (nSPS) is 24.5. The maximum Gasteiger partial charge on any atom is 0.329 e. The summed E-state index contributed by atoms with van der Waals surface area (Å²) in [7, 11) is 4.03. The lowest BCUT2D eigenvalue weighted by molar-refractivity contribution is -0.135.